The van der Waals surface area contributed by atoms with Gasteiger partial charge >= 0.3 is 5.97 Å². The van der Waals surface area contributed by atoms with E-state index in [1.165, 1.54) is 16.7 Å². The Hall–Kier alpha value is -2.44. The minimum atomic E-state index is -0.352. The second-order valence-electron chi connectivity index (χ2n) is 5.64. The van der Waals surface area contributed by atoms with Crippen LogP contribution in [0, 0.1) is 0 Å². The molecule has 0 saturated carbocycles. The smallest absolute Gasteiger partial charge is 0.307 e. The van der Waals surface area contributed by atoms with E-state index in [2.05, 4.69) is 0 Å². The van der Waals surface area contributed by atoms with Crippen LogP contribution in [0.1, 0.15) is 17.5 Å². The summed E-state index contributed by atoms with van der Waals surface area (Å²) in [4.78, 5) is 26.5. The van der Waals surface area contributed by atoms with Crippen LogP contribution in [-0.2, 0) is 20.9 Å². The molecule has 1 heterocycles. The molecule has 1 amide bonds. The van der Waals surface area contributed by atoms with Crippen LogP contribution in [0.5, 0.6) is 0 Å². The third-order valence-corrected chi connectivity index (χ3v) is 5.13. The summed E-state index contributed by atoms with van der Waals surface area (Å²) < 4.78 is 5.71. The van der Waals surface area contributed by atoms with E-state index in [9.17, 15) is 9.59 Å². The summed E-state index contributed by atoms with van der Waals surface area (Å²) in [6.07, 6.45) is 1.92. The first-order valence-corrected chi connectivity index (χ1v) is 9.36. The summed E-state index contributed by atoms with van der Waals surface area (Å²) in [5, 5.41) is 0. The number of carbonyl (C=O) groups is 2. The lowest BCUT2D eigenvalue weighted by atomic mass is 10.2. The van der Waals surface area contributed by atoms with Crippen molar-refractivity contribution in [1.29, 1.82) is 0 Å². The lowest BCUT2D eigenvalue weighted by molar-refractivity contribution is -0.145. The molecule has 2 aromatic rings. The van der Waals surface area contributed by atoms with Crippen molar-refractivity contribution in [2.45, 2.75) is 13.0 Å². The number of carbonyl (C=O) groups excluding carboxylic acids is 2. The van der Waals surface area contributed by atoms with E-state index in [1.54, 1.807) is 0 Å². The molecule has 6 heteroatoms. The predicted octanol–water partition coefficient (Wildman–Crippen LogP) is 4.02. The molecule has 0 bridgehead atoms. The van der Waals surface area contributed by atoms with Gasteiger partial charge in [0.1, 0.15) is 10.9 Å². The monoisotopic (exact) mass is 383 g/mol. The van der Waals surface area contributed by atoms with E-state index in [1.807, 2.05) is 66.7 Å². The normalized spacial score (nSPS) is 15.5. The fourth-order valence-corrected chi connectivity index (χ4v) is 3.72. The average molecular weight is 383 g/mol. The molecule has 0 aliphatic carbocycles. The Bertz CT molecular complexity index is 835. The first-order valence-electron chi connectivity index (χ1n) is 8.13. The number of thioether (sulfide) groups is 1. The van der Waals surface area contributed by atoms with E-state index >= 15 is 0 Å². The molecule has 26 heavy (non-hydrogen) atoms. The Morgan fingerprint density at radius 3 is 2.42 bits per heavy atom. The van der Waals surface area contributed by atoms with Gasteiger partial charge < -0.3 is 4.74 Å². The maximum Gasteiger partial charge on any atom is 0.307 e. The van der Waals surface area contributed by atoms with Gasteiger partial charge in [0.2, 0.25) is 0 Å². The summed E-state index contributed by atoms with van der Waals surface area (Å²) in [7, 11) is 0. The van der Waals surface area contributed by atoms with Crippen molar-refractivity contribution < 1.29 is 14.3 Å². The molecule has 0 radical (unpaired) electrons. The Labute approximate surface area is 161 Å². The molecule has 0 aromatic heterocycles. The molecule has 4 nitrogen and oxygen atoms in total. The minimum absolute atomic E-state index is 0.109. The average Bonchev–Trinajstić information content (AvgIpc) is 2.93. The van der Waals surface area contributed by atoms with Crippen molar-refractivity contribution in [3.8, 4) is 0 Å². The van der Waals surface area contributed by atoms with Gasteiger partial charge in [-0.25, -0.2) is 0 Å². The van der Waals surface area contributed by atoms with Gasteiger partial charge in [0.05, 0.1) is 11.3 Å². The molecule has 132 valence electrons. The van der Waals surface area contributed by atoms with Crippen LogP contribution in [0.4, 0.5) is 0 Å². The number of amides is 1. The number of hydrogen-bond acceptors (Lipinski definition) is 5. The van der Waals surface area contributed by atoms with Crippen molar-refractivity contribution in [3.05, 3.63) is 76.7 Å². The lowest BCUT2D eigenvalue weighted by Crippen LogP contribution is -2.30. The summed E-state index contributed by atoms with van der Waals surface area (Å²) in [6, 6.07) is 19.1. The van der Waals surface area contributed by atoms with Crippen molar-refractivity contribution in [3.63, 3.8) is 0 Å². The van der Waals surface area contributed by atoms with E-state index in [0.717, 1.165) is 11.1 Å². The number of thiocarbonyl (C=S) groups is 1. The van der Waals surface area contributed by atoms with Gasteiger partial charge in [0.25, 0.3) is 5.91 Å². The fourth-order valence-electron chi connectivity index (χ4n) is 2.41. The summed E-state index contributed by atoms with van der Waals surface area (Å²) >= 11 is 6.53. The standard InChI is InChI=1S/C20H17NO3S2/c22-18(24-14-16-9-5-2-6-10-16)11-12-21-19(23)17(26-20(21)25)13-15-7-3-1-4-8-15/h1-10,13H,11-12,14H2/b17-13-. The number of nitrogens with zero attached hydrogens (tertiary/aromatic N) is 1. The molecule has 0 atom stereocenters. The Morgan fingerprint density at radius 1 is 1.08 bits per heavy atom. The van der Waals surface area contributed by atoms with Gasteiger partial charge in [0.15, 0.2) is 0 Å². The van der Waals surface area contributed by atoms with E-state index < -0.39 is 0 Å². The fraction of sp³-hybridized carbons (Fsp3) is 0.150. The quantitative estimate of drug-likeness (QED) is 0.428. The maximum absolute atomic E-state index is 12.5. The number of hydrogen-bond donors (Lipinski definition) is 0. The van der Waals surface area contributed by atoms with Crippen LogP contribution in [-0.4, -0.2) is 27.6 Å². The van der Waals surface area contributed by atoms with Crippen molar-refractivity contribution in [2.75, 3.05) is 6.54 Å². The molecule has 0 spiro atoms. The zero-order valence-corrected chi connectivity index (χ0v) is 15.6. The van der Waals surface area contributed by atoms with Crippen LogP contribution in [0.3, 0.4) is 0 Å². The summed E-state index contributed by atoms with van der Waals surface area (Å²) in [6.45, 7) is 0.455. The van der Waals surface area contributed by atoms with E-state index in [4.69, 9.17) is 17.0 Å². The number of ether oxygens (including phenoxy) is 1. The summed E-state index contributed by atoms with van der Waals surface area (Å²) in [5.74, 6) is -0.519. The van der Waals surface area contributed by atoms with Gasteiger partial charge in [-0.05, 0) is 17.2 Å². The highest BCUT2D eigenvalue weighted by Gasteiger charge is 2.32. The van der Waals surface area contributed by atoms with Crippen LogP contribution < -0.4 is 0 Å². The van der Waals surface area contributed by atoms with E-state index in [-0.39, 0.29) is 31.4 Å². The molecular formula is C20H17NO3S2. The number of esters is 1. The molecule has 1 aliphatic heterocycles. The van der Waals surface area contributed by atoms with E-state index in [0.29, 0.717) is 9.23 Å². The predicted molar refractivity (Wildman–Crippen MR) is 107 cm³/mol. The van der Waals surface area contributed by atoms with Crippen LogP contribution >= 0.6 is 24.0 Å². The Balaban J connectivity index is 1.53. The largest absolute Gasteiger partial charge is 0.461 e. The van der Waals surface area contributed by atoms with Crippen molar-refractivity contribution >= 4 is 46.3 Å². The Morgan fingerprint density at radius 2 is 1.73 bits per heavy atom. The van der Waals surface area contributed by atoms with Gasteiger partial charge in [-0.3, -0.25) is 14.5 Å². The molecule has 1 fully saturated rings. The van der Waals surface area contributed by atoms with Crippen LogP contribution in [0.2, 0.25) is 0 Å². The molecule has 1 aliphatic rings. The minimum Gasteiger partial charge on any atom is -0.461 e. The highest BCUT2D eigenvalue weighted by Crippen LogP contribution is 2.32. The topological polar surface area (TPSA) is 46.6 Å². The zero-order chi connectivity index (χ0) is 18.4. The molecule has 2 aromatic carbocycles. The molecule has 0 unspecified atom stereocenters. The third kappa shape index (κ3) is 4.80. The third-order valence-electron chi connectivity index (χ3n) is 3.75. The number of rotatable bonds is 6. The second kappa shape index (κ2) is 8.78. The van der Waals surface area contributed by atoms with Crippen LogP contribution in [0.15, 0.2) is 65.6 Å². The highest BCUT2D eigenvalue weighted by atomic mass is 32.2. The second-order valence-corrected chi connectivity index (χ2v) is 7.32. The molecule has 1 saturated heterocycles. The first-order chi connectivity index (χ1) is 12.6. The molecule has 0 N–H and O–H groups in total. The summed E-state index contributed by atoms with van der Waals surface area (Å²) in [5.41, 5.74) is 1.87. The van der Waals surface area contributed by atoms with Gasteiger partial charge in [0, 0.05) is 6.54 Å². The highest BCUT2D eigenvalue weighted by molar-refractivity contribution is 8.26. The molecular weight excluding hydrogens is 366 g/mol. The van der Waals surface area contributed by atoms with Gasteiger partial charge in [-0.15, -0.1) is 0 Å². The Kier molecular flexibility index (Phi) is 6.20. The van der Waals surface area contributed by atoms with Crippen molar-refractivity contribution in [1.82, 2.24) is 4.90 Å². The van der Waals surface area contributed by atoms with Gasteiger partial charge in [-0.1, -0.05) is 84.6 Å². The lowest BCUT2D eigenvalue weighted by Gasteiger charge is -2.13. The molecule has 3 rings (SSSR count). The first kappa shape index (κ1) is 18.4. The number of benzene rings is 2. The van der Waals surface area contributed by atoms with Crippen molar-refractivity contribution in [2.24, 2.45) is 0 Å². The SMILES string of the molecule is O=C(CCN1C(=O)/C(=C/c2ccccc2)SC1=S)OCc1ccccc1. The van der Waals surface area contributed by atoms with Gasteiger partial charge in [-0.2, -0.15) is 0 Å². The van der Waals surface area contributed by atoms with Crippen LogP contribution in [0.25, 0.3) is 6.08 Å². The maximum atomic E-state index is 12.5. The zero-order valence-electron chi connectivity index (χ0n) is 14.0.